The lowest BCUT2D eigenvalue weighted by Gasteiger charge is -2.39. The molecule has 1 aromatic heterocycles. The van der Waals surface area contributed by atoms with Crippen LogP contribution in [0.15, 0.2) is 60.8 Å². The maximum absolute atomic E-state index is 12.3. The molecule has 138 valence electrons. The molecule has 2 atom stereocenters. The van der Waals surface area contributed by atoms with Crippen LogP contribution in [0.4, 0.5) is 11.4 Å². The lowest BCUT2D eigenvalue weighted by molar-refractivity contribution is -0.117. The third-order valence-corrected chi connectivity index (χ3v) is 5.37. The van der Waals surface area contributed by atoms with Gasteiger partial charge in [-0.25, -0.2) is 0 Å². The van der Waals surface area contributed by atoms with Crippen LogP contribution in [0.1, 0.15) is 31.9 Å². The second kappa shape index (κ2) is 7.12. The number of hydrogen-bond acceptors (Lipinski definition) is 2. The monoisotopic (exact) mass is 379 g/mol. The number of hydrogen-bond donors (Lipinski definition) is 2. The molecular weight excluding hydrogens is 358 g/mol. The van der Waals surface area contributed by atoms with Crippen molar-refractivity contribution in [2.24, 2.45) is 0 Å². The van der Waals surface area contributed by atoms with Gasteiger partial charge in [0.15, 0.2) is 0 Å². The number of nitrogens with one attached hydrogen (secondary N) is 2. The predicted octanol–water partition coefficient (Wildman–Crippen LogP) is 5.63. The Balaban J connectivity index is 1.76. The van der Waals surface area contributed by atoms with Crippen molar-refractivity contribution in [1.82, 2.24) is 4.98 Å². The summed E-state index contributed by atoms with van der Waals surface area (Å²) in [6.07, 6.45) is 2.76. The Kier molecular flexibility index (Phi) is 4.66. The topological polar surface area (TPSA) is 48.1 Å². The van der Waals surface area contributed by atoms with Gasteiger partial charge >= 0.3 is 0 Å². The van der Waals surface area contributed by atoms with Gasteiger partial charge in [0.2, 0.25) is 5.91 Å². The molecule has 1 aliphatic heterocycles. The first kappa shape index (κ1) is 17.7. The van der Waals surface area contributed by atoms with Gasteiger partial charge in [0.1, 0.15) is 0 Å². The number of benzene rings is 2. The molecule has 4 nitrogen and oxygen atoms in total. The van der Waals surface area contributed by atoms with E-state index in [4.69, 9.17) is 11.6 Å². The van der Waals surface area contributed by atoms with E-state index in [1.165, 1.54) is 0 Å². The molecule has 0 spiro atoms. The summed E-state index contributed by atoms with van der Waals surface area (Å²) in [5.41, 5.74) is 5.30. The molecule has 0 saturated heterocycles. The van der Waals surface area contributed by atoms with Crippen molar-refractivity contribution >= 4 is 28.9 Å². The molecule has 0 aliphatic carbocycles. The minimum atomic E-state index is 0.0707. The number of fused-ring (bicyclic) bond motifs is 1. The Morgan fingerprint density at radius 2 is 1.96 bits per heavy atom. The Morgan fingerprint density at radius 1 is 1.19 bits per heavy atom. The van der Waals surface area contributed by atoms with Gasteiger partial charge in [-0.1, -0.05) is 17.7 Å². The molecule has 0 unspecified atom stereocenters. The minimum Gasteiger partial charge on any atom is -0.378 e. The van der Waals surface area contributed by atoms with Crippen molar-refractivity contribution in [2.45, 2.75) is 32.4 Å². The second-order valence-corrected chi connectivity index (χ2v) is 7.47. The van der Waals surface area contributed by atoms with Gasteiger partial charge in [-0.2, -0.15) is 0 Å². The van der Waals surface area contributed by atoms with Crippen LogP contribution in [0.3, 0.4) is 0 Å². The van der Waals surface area contributed by atoms with E-state index in [1.54, 1.807) is 6.92 Å². The lowest BCUT2D eigenvalue weighted by atomic mass is 9.89. The van der Waals surface area contributed by atoms with E-state index in [9.17, 15) is 4.79 Å². The van der Waals surface area contributed by atoms with Crippen LogP contribution in [-0.2, 0) is 4.79 Å². The van der Waals surface area contributed by atoms with E-state index in [1.807, 2.05) is 41.4 Å². The van der Waals surface area contributed by atoms with Crippen LogP contribution in [0, 0.1) is 0 Å². The fourth-order valence-electron chi connectivity index (χ4n) is 3.91. The average Bonchev–Trinajstić information content (AvgIpc) is 3.18. The largest absolute Gasteiger partial charge is 0.378 e. The SMILES string of the molecule is CC(=O)N1c2ccc(-c3ccc[nH]3)cc2[C@@H](Nc2ccc(Cl)cc2)C[C@H]1C. The highest BCUT2D eigenvalue weighted by molar-refractivity contribution is 6.30. The third-order valence-electron chi connectivity index (χ3n) is 5.11. The van der Waals surface area contributed by atoms with Gasteiger partial charge < -0.3 is 15.2 Å². The smallest absolute Gasteiger partial charge is 0.224 e. The van der Waals surface area contributed by atoms with E-state index >= 15 is 0 Å². The van der Waals surface area contributed by atoms with Gasteiger partial charge in [-0.15, -0.1) is 0 Å². The molecule has 2 aromatic carbocycles. The molecule has 0 fully saturated rings. The lowest BCUT2D eigenvalue weighted by Crippen LogP contribution is -2.43. The molecule has 0 saturated carbocycles. The number of aromatic amines is 1. The summed E-state index contributed by atoms with van der Waals surface area (Å²) in [7, 11) is 0. The first-order valence-corrected chi connectivity index (χ1v) is 9.50. The first-order chi connectivity index (χ1) is 13.0. The van der Waals surface area contributed by atoms with Crippen molar-refractivity contribution in [3.63, 3.8) is 0 Å². The van der Waals surface area contributed by atoms with E-state index in [-0.39, 0.29) is 18.0 Å². The maximum Gasteiger partial charge on any atom is 0.224 e. The van der Waals surface area contributed by atoms with Gasteiger partial charge in [-0.3, -0.25) is 4.79 Å². The van der Waals surface area contributed by atoms with Crippen LogP contribution in [0.5, 0.6) is 0 Å². The Labute approximate surface area is 164 Å². The number of anilines is 2. The van der Waals surface area contributed by atoms with E-state index in [0.29, 0.717) is 0 Å². The number of nitrogens with zero attached hydrogens (tertiary/aromatic N) is 1. The van der Waals surface area contributed by atoms with E-state index in [0.717, 1.165) is 39.6 Å². The number of aromatic nitrogens is 1. The highest BCUT2D eigenvalue weighted by atomic mass is 35.5. The highest BCUT2D eigenvalue weighted by Crippen LogP contribution is 2.41. The number of rotatable bonds is 3. The maximum atomic E-state index is 12.3. The van der Waals surface area contributed by atoms with Crippen LogP contribution >= 0.6 is 11.6 Å². The zero-order valence-corrected chi connectivity index (χ0v) is 16.1. The quantitative estimate of drug-likeness (QED) is 0.619. The number of halogens is 1. The summed E-state index contributed by atoms with van der Waals surface area (Å²) in [4.78, 5) is 17.4. The number of carbonyl (C=O) groups excluding carboxylic acids is 1. The Bertz CT molecular complexity index is 950. The molecule has 3 aromatic rings. The predicted molar refractivity (Wildman–Crippen MR) is 111 cm³/mol. The fraction of sp³-hybridized carbons (Fsp3) is 0.227. The van der Waals surface area contributed by atoms with E-state index < -0.39 is 0 Å². The van der Waals surface area contributed by atoms with Crippen molar-refractivity contribution < 1.29 is 4.79 Å². The summed E-state index contributed by atoms with van der Waals surface area (Å²) >= 11 is 6.02. The summed E-state index contributed by atoms with van der Waals surface area (Å²) < 4.78 is 0. The average molecular weight is 380 g/mol. The minimum absolute atomic E-state index is 0.0707. The van der Waals surface area contributed by atoms with Gasteiger partial charge in [0.25, 0.3) is 0 Å². The van der Waals surface area contributed by atoms with Crippen LogP contribution in [0.2, 0.25) is 5.02 Å². The van der Waals surface area contributed by atoms with Gasteiger partial charge in [0.05, 0.1) is 6.04 Å². The summed E-state index contributed by atoms with van der Waals surface area (Å²) in [6.45, 7) is 3.73. The summed E-state index contributed by atoms with van der Waals surface area (Å²) in [5.74, 6) is 0.0707. The molecule has 4 rings (SSSR count). The highest BCUT2D eigenvalue weighted by Gasteiger charge is 2.32. The summed E-state index contributed by atoms with van der Waals surface area (Å²) in [5, 5.41) is 4.34. The first-order valence-electron chi connectivity index (χ1n) is 9.12. The molecule has 1 aliphatic rings. The van der Waals surface area contributed by atoms with Crippen molar-refractivity contribution in [3.05, 3.63) is 71.4 Å². The fourth-order valence-corrected chi connectivity index (χ4v) is 4.03. The molecule has 0 bridgehead atoms. The number of carbonyl (C=O) groups is 1. The van der Waals surface area contributed by atoms with Crippen molar-refractivity contribution in [2.75, 3.05) is 10.2 Å². The zero-order valence-electron chi connectivity index (χ0n) is 15.4. The molecule has 2 heterocycles. The number of H-pyrrole nitrogens is 1. The molecule has 5 heteroatoms. The van der Waals surface area contributed by atoms with Crippen molar-refractivity contribution in [1.29, 1.82) is 0 Å². The normalized spacial score (nSPS) is 18.9. The standard InChI is InChI=1S/C22H22ClN3O/c1-14-12-21(25-18-8-6-17(23)7-9-18)19-13-16(20-4-3-11-24-20)5-10-22(19)26(14)15(2)27/h3-11,13-14,21,24-25H,12H2,1-2H3/t14-,21+/m1/s1. The molecule has 1 amide bonds. The molecule has 27 heavy (non-hydrogen) atoms. The zero-order chi connectivity index (χ0) is 19.0. The van der Waals surface area contributed by atoms with Gasteiger partial charge in [-0.05, 0) is 73.0 Å². The molecular formula is C22H22ClN3O. The summed E-state index contributed by atoms with van der Waals surface area (Å²) in [6, 6.07) is 18.3. The Hall–Kier alpha value is -2.72. The molecule has 0 radical (unpaired) electrons. The third kappa shape index (κ3) is 3.45. The molecule has 2 N–H and O–H groups in total. The number of amides is 1. The Morgan fingerprint density at radius 3 is 2.63 bits per heavy atom. The van der Waals surface area contributed by atoms with Crippen LogP contribution < -0.4 is 10.2 Å². The van der Waals surface area contributed by atoms with E-state index in [2.05, 4.69) is 41.5 Å². The van der Waals surface area contributed by atoms with Crippen LogP contribution in [0.25, 0.3) is 11.3 Å². The second-order valence-electron chi connectivity index (χ2n) is 7.03. The van der Waals surface area contributed by atoms with Gasteiger partial charge in [0, 0.05) is 41.3 Å². The van der Waals surface area contributed by atoms with Crippen LogP contribution in [-0.4, -0.2) is 16.9 Å². The van der Waals surface area contributed by atoms with Crippen molar-refractivity contribution in [3.8, 4) is 11.3 Å².